The average molecular weight is 170 g/mol. The summed E-state index contributed by atoms with van der Waals surface area (Å²) in [6, 6.07) is 0.0955. The standard InChI is InChI=1S/C8H14N2O2/c1-4-7(11)9-5-8(12)10-6(2)3/h4,6H,1,5H2,2-3H3,(H,9,11)(H,10,12). The van der Waals surface area contributed by atoms with E-state index >= 15 is 0 Å². The summed E-state index contributed by atoms with van der Waals surface area (Å²) in [5, 5.41) is 5.00. The minimum absolute atomic E-state index is 0.00301. The number of hydrogen-bond acceptors (Lipinski definition) is 2. The van der Waals surface area contributed by atoms with Crippen LogP contribution in [0.4, 0.5) is 0 Å². The van der Waals surface area contributed by atoms with Crippen LogP contribution in [0.25, 0.3) is 0 Å². The fourth-order valence-electron chi connectivity index (χ4n) is 0.613. The molecule has 4 nitrogen and oxygen atoms in total. The number of carbonyl (C=O) groups is 2. The van der Waals surface area contributed by atoms with E-state index in [9.17, 15) is 9.59 Å². The lowest BCUT2D eigenvalue weighted by atomic mass is 10.4. The Morgan fingerprint density at radius 3 is 2.50 bits per heavy atom. The van der Waals surface area contributed by atoms with Crippen LogP contribution in [-0.4, -0.2) is 24.4 Å². The zero-order chi connectivity index (χ0) is 9.56. The van der Waals surface area contributed by atoms with Crippen molar-refractivity contribution in [2.24, 2.45) is 0 Å². The predicted octanol–water partition coefficient (Wildman–Crippen LogP) is -0.187. The maximum atomic E-state index is 10.9. The van der Waals surface area contributed by atoms with Gasteiger partial charge in [-0.2, -0.15) is 0 Å². The minimum Gasteiger partial charge on any atom is -0.352 e. The number of hydrogen-bond donors (Lipinski definition) is 2. The van der Waals surface area contributed by atoms with Crippen molar-refractivity contribution < 1.29 is 9.59 Å². The molecule has 0 saturated carbocycles. The quantitative estimate of drug-likeness (QED) is 0.575. The van der Waals surface area contributed by atoms with Gasteiger partial charge in [-0.05, 0) is 19.9 Å². The lowest BCUT2D eigenvalue weighted by Gasteiger charge is -2.07. The van der Waals surface area contributed by atoms with Gasteiger partial charge in [0, 0.05) is 6.04 Å². The molecule has 12 heavy (non-hydrogen) atoms. The molecule has 0 saturated heterocycles. The normalized spacial score (nSPS) is 9.25. The first kappa shape index (κ1) is 10.7. The smallest absolute Gasteiger partial charge is 0.243 e. The molecule has 0 aromatic carbocycles. The molecule has 0 radical (unpaired) electrons. The first-order chi connectivity index (χ1) is 5.56. The van der Waals surface area contributed by atoms with Gasteiger partial charge in [0.2, 0.25) is 11.8 Å². The summed E-state index contributed by atoms with van der Waals surface area (Å²) < 4.78 is 0. The van der Waals surface area contributed by atoms with E-state index in [1.807, 2.05) is 13.8 Å². The van der Waals surface area contributed by atoms with E-state index in [2.05, 4.69) is 17.2 Å². The Kier molecular flexibility index (Phi) is 4.76. The van der Waals surface area contributed by atoms with Crippen LogP contribution >= 0.6 is 0 Å². The third-order valence-corrected chi connectivity index (χ3v) is 1.06. The van der Waals surface area contributed by atoms with Crippen LogP contribution in [0.1, 0.15) is 13.8 Å². The highest BCUT2D eigenvalue weighted by Crippen LogP contribution is 1.75. The fourth-order valence-corrected chi connectivity index (χ4v) is 0.613. The van der Waals surface area contributed by atoms with Gasteiger partial charge in [0.05, 0.1) is 6.54 Å². The molecule has 2 N–H and O–H groups in total. The van der Waals surface area contributed by atoms with E-state index in [-0.39, 0.29) is 24.4 Å². The van der Waals surface area contributed by atoms with E-state index in [1.54, 1.807) is 0 Å². The third-order valence-electron chi connectivity index (χ3n) is 1.06. The van der Waals surface area contributed by atoms with Crippen molar-refractivity contribution in [3.63, 3.8) is 0 Å². The van der Waals surface area contributed by atoms with E-state index in [0.717, 1.165) is 6.08 Å². The van der Waals surface area contributed by atoms with Crippen molar-refractivity contribution in [1.29, 1.82) is 0 Å². The number of amides is 2. The molecule has 0 bridgehead atoms. The molecule has 0 spiro atoms. The molecule has 68 valence electrons. The van der Waals surface area contributed by atoms with Gasteiger partial charge in [-0.25, -0.2) is 0 Å². The summed E-state index contributed by atoms with van der Waals surface area (Å²) in [4.78, 5) is 21.5. The first-order valence-electron chi connectivity index (χ1n) is 3.76. The molecular formula is C8H14N2O2. The molecule has 0 aromatic rings. The van der Waals surface area contributed by atoms with Gasteiger partial charge < -0.3 is 10.6 Å². The molecule has 0 heterocycles. The van der Waals surface area contributed by atoms with Crippen molar-refractivity contribution in [1.82, 2.24) is 10.6 Å². The monoisotopic (exact) mass is 170 g/mol. The summed E-state index contributed by atoms with van der Waals surface area (Å²) in [6.07, 6.45) is 1.13. The Bertz CT molecular complexity index is 187. The molecule has 0 atom stereocenters. The molecule has 0 unspecified atom stereocenters. The van der Waals surface area contributed by atoms with Gasteiger partial charge in [-0.1, -0.05) is 6.58 Å². The highest BCUT2D eigenvalue weighted by molar-refractivity contribution is 5.90. The number of carbonyl (C=O) groups excluding carboxylic acids is 2. The second-order valence-corrected chi connectivity index (χ2v) is 2.64. The Morgan fingerprint density at radius 2 is 2.08 bits per heavy atom. The summed E-state index contributed by atoms with van der Waals surface area (Å²) in [5.41, 5.74) is 0. The molecule has 0 aliphatic carbocycles. The Hall–Kier alpha value is -1.32. The lowest BCUT2D eigenvalue weighted by Crippen LogP contribution is -2.39. The van der Waals surface area contributed by atoms with Crippen molar-refractivity contribution in [3.8, 4) is 0 Å². The molecular weight excluding hydrogens is 156 g/mol. The van der Waals surface area contributed by atoms with Crippen LogP contribution in [0.3, 0.4) is 0 Å². The van der Waals surface area contributed by atoms with Crippen LogP contribution in [0.2, 0.25) is 0 Å². The average Bonchev–Trinajstić information content (AvgIpc) is 1.99. The Morgan fingerprint density at radius 1 is 1.50 bits per heavy atom. The molecule has 0 rings (SSSR count). The summed E-state index contributed by atoms with van der Waals surface area (Å²) >= 11 is 0. The molecule has 2 amide bonds. The van der Waals surface area contributed by atoms with Crippen molar-refractivity contribution >= 4 is 11.8 Å². The largest absolute Gasteiger partial charge is 0.352 e. The van der Waals surface area contributed by atoms with Gasteiger partial charge >= 0.3 is 0 Å². The molecule has 0 aliphatic heterocycles. The van der Waals surface area contributed by atoms with Crippen LogP contribution in [0.5, 0.6) is 0 Å². The van der Waals surface area contributed by atoms with Gasteiger partial charge in [0.25, 0.3) is 0 Å². The van der Waals surface area contributed by atoms with Gasteiger partial charge in [0.15, 0.2) is 0 Å². The van der Waals surface area contributed by atoms with Gasteiger partial charge in [-0.15, -0.1) is 0 Å². The maximum absolute atomic E-state index is 10.9. The Labute approximate surface area is 72.0 Å². The lowest BCUT2D eigenvalue weighted by molar-refractivity contribution is -0.124. The van der Waals surface area contributed by atoms with Crippen LogP contribution in [0.15, 0.2) is 12.7 Å². The maximum Gasteiger partial charge on any atom is 0.243 e. The van der Waals surface area contributed by atoms with Crippen LogP contribution in [-0.2, 0) is 9.59 Å². The Balaban J connectivity index is 3.57. The van der Waals surface area contributed by atoms with Gasteiger partial charge in [0.1, 0.15) is 0 Å². The summed E-state index contributed by atoms with van der Waals surface area (Å²) in [5.74, 6) is -0.533. The summed E-state index contributed by atoms with van der Waals surface area (Å²) in [6.45, 7) is 6.97. The van der Waals surface area contributed by atoms with Gasteiger partial charge in [-0.3, -0.25) is 9.59 Å². The summed E-state index contributed by atoms with van der Waals surface area (Å²) in [7, 11) is 0. The van der Waals surface area contributed by atoms with E-state index in [4.69, 9.17) is 0 Å². The second kappa shape index (κ2) is 5.35. The van der Waals surface area contributed by atoms with Crippen molar-refractivity contribution in [3.05, 3.63) is 12.7 Å². The topological polar surface area (TPSA) is 58.2 Å². The molecule has 0 aromatic heterocycles. The minimum atomic E-state index is -0.339. The van der Waals surface area contributed by atoms with Crippen molar-refractivity contribution in [2.75, 3.05) is 6.54 Å². The SMILES string of the molecule is C=CC(=O)NCC(=O)NC(C)C. The zero-order valence-electron chi connectivity index (χ0n) is 7.39. The fraction of sp³-hybridized carbons (Fsp3) is 0.500. The van der Waals surface area contributed by atoms with E-state index in [1.165, 1.54) is 0 Å². The van der Waals surface area contributed by atoms with Crippen LogP contribution < -0.4 is 10.6 Å². The third kappa shape index (κ3) is 5.46. The second-order valence-electron chi connectivity index (χ2n) is 2.64. The van der Waals surface area contributed by atoms with Crippen molar-refractivity contribution in [2.45, 2.75) is 19.9 Å². The molecule has 0 fully saturated rings. The first-order valence-corrected chi connectivity index (χ1v) is 3.76. The zero-order valence-corrected chi connectivity index (χ0v) is 7.39. The highest BCUT2D eigenvalue weighted by Gasteiger charge is 2.02. The van der Waals surface area contributed by atoms with E-state index in [0.29, 0.717) is 0 Å². The number of nitrogens with one attached hydrogen (secondary N) is 2. The highest BCUT2D eigenvalue weighted by atomic mass is 16.2. The molecule has 4 heteroatoms. The molecule has 0 aliphatic rings. The predicted molar refractivity (Wildman–Crippen MR) is 46.5 cm³/mol. The van der Waals surface area contributed by atoms with Crippen LogP contribution in [0, 0.1) is 0 Å². The van der Waals surface area contributed by atoms with E-state index < -0.39 is 0 Å². The number of rotatable bonds is 4.